The van der Waals surface area contributed by atoms with Crippen LogP contribution in [0.5, 0.6) is 5.75 Å². The van der Waals surface area contributed by atoms with Crippen LogP contribution in [0.3, 0.4) is 0 Å². The van der Waals surface area contributed by atoms with E-state index in [-0.39, 0.29) is 11.8 Å². The Morgan fingerprint density at radius 2 is 1.95 bits per heavy atom. The molecule has 0 aromatic heterocycles. The van der Waals surface area contributed by atoms with Gasteiger partial charge in [-0.2, -0.15) is 0 Å². The first kappa shape index (κ1) is 12.5. The molecule has 0 aliphatic carbocycles. The highest BCUT2D eigenvalue weighted by Gasteiger charge is 2.27. The number of nitrogens with one attached hydrogen (secondary N) is 2. The van der Waals surface area contributed by atoms with Gasteiger partial charge < -0.3 is 15.4 Å². The standard InChI is InChI=1S/C16H16N2O2/c1-20-12-8-6-11(7-9-12)18-16(19)14-10-17-15-5-3-2-4-13(14)15/h2-9,14,17H,10H2,1H3,(H,18,19). The molecule has 3 rings (SSSR count). The minimum absolute atomic E-state index is 0.00705. The Kier molecular flexibility index (Phi) is 3.29. The number of hydrogen-bond acceptors (Lipinski definition) is 3. The molecule has 1 amide bonds. The molecule has 1 heterocycles. The second-order valence-electron chi connectivity index (χ2n) is 4.74. The largest absolute Gasteiger partial charge is 0.497 e. The van der Waals surface area contributed by atoms with Gasteiger partial charge in [0.05, 0.1) is 13.0 Å². The highest BCUT2D eigenvalue weighted by Crippen LogP contribution is 2.31. The second-order valence-corrected chi connectivity index (χ2v) is 4.74. The SMILES string of the molecule is COc1ccc(NC(=O)C2CNc3ccccc32)cc1. The van der Waals surface area contributed by atoms with E-state index in [0.29, 0.717) is 6.54 Å². The van der Waals surface area contributed by atoms with Crippen LogP contribution in [0.1, 0.15) is 11.5 Å². The summed E-state index contributed by atoms with van der Waals surface area (Å²) < 4.78 is 5.10. The predicted molar refractivity (Wildman–Crippen MR) is 79.3 cm³/mol. The fourth-order valence-corrected chi connectivity index (χ4v) is 2.42. The summed E-state index contributed by atoms with van der Waals surface area (Å²) in [6.45, 7) is 0.640. The van der Waals surface area contributed by atoms with Gasteiger partial charge in [-0.1, -0.05) is 18.2 Å². The highest BCUT2D eigenvalue weighted by molar-refractivity contribution is 5.98. The van der Waals surface area contributed by atoms with E-state index in [0.717, 1.165) is 22.7 Å². The molecule has 0 radical (unpaired) electrons. The van der Waals surface area contributed by atoms with E-state index in [9.17, 15) is 4.79 Å². The van der Waals surface area contributed by atoms with Gasteiger partial charge in [0.1, 0.15) is 5.75 Å². The van der Waals surface area contributed by atoms with Gasteiger partial charge in [0.15, 0.2) is 0 Å². The fourth-order valence-electron chi connectivity index (χ4n) is 2.42. The third-order valence-corrected chi connectivity index (χ3v) is 3.51. The van der Waals surface area contributed by atoms with Gasteiger partial charge in [0.2, 0.25) is 5.91 Å². The number of hydrogen-bond donors (Lipinski definition) is 2. The minimum atomic E-state index is -0.145. The number of amides is 1. The van der Waals surface area contributed by atoms with Crippen LogP contribution in [0, 0.1) is 0 Å². The molecule has 0 saturated heterocycles. The van der Waals surface area contributed by atoms with Crippen molar-refractivity contribution in [3.8, 4) is 5.75 Å². The lowest BCUT2D eigenvalue weighted by Crippen LogP contribution is -2.22. The van der Waals surface area contributed by atoms with E-state index in [1.807, 2.05) is 48.5 Å². The van der Waals surface area contributed by atoms with Crippen LogP contribution >= 0.6 is 0 Å². The average molecular weight is 268 g/mol. The van der Waals surface area contributed by atoms with Crippen molar-refractivity contribution >= 4 is 17.3 Å². The summed E-state index contributed by atoms with van der Waals surface area (Å²) >= 11 is 0. The molecule has 2 N–H and O–H groups in total. The number of carbonyl (C=O) groups is 1. The van der Waals surface area contributed by atoms with Crippen LogP contribution in [0.2, 0.25) is 0 Å². The Labute approximate surface area is 117 Å². The molecule has 0 bridgehead atoms. The Balaban J connectivity index is 1.74. The smallest absolute Gasteiger partial charge is 0.233 e. The molecule has 0 saturated carbocycles. The monoisotopic (exact) mass is 268 g/mol. The maximum atomic E-state index is 12.3. The summed E-state index contributed by atoms with van der Waals surface area (Å²) in [5, 5.41) is 6.20. The molecule has 102 valence electrons. The topological polar surface area (TPSA) is 50.4 Å². The van der Waals surface area contributed by atoms with Crippen molar-refractivity contribution in [2.24, 2.45) is 0 Å². The van der Waals surface area contributed by atoms with Crippen LogP contribution < -0.4 is 15.4 Å². The highest BCUT2D eigenvalue weighted by atomic mass is 16.5. The zero-order chi connectivity index (χ0) is 13.9. The molecule has 20 heavy (non-hydrogen) atoms. The predicted octanol–water partition coefficient (Wildman–Crippen LogP) is 2.84. The van der Waals surface area contributed by atoms with Crippen molar-refractivity contribution in [2.45, 2.75) is 5.92 Å². The molecule has 4 nitrogen and oxygen atoms in total. The summed E-state index contributed by atoms with van der Waals surface area (Å²) in [5.41, 5.74) is 2.88. The molecule has 1 aliphatic rings. The molecular formula is C16H16N2O2. The maximum absolute atomic E-state index is 12.3. The summed E-state index contributed by atoms with van der Waals surface area (Å²) in [7, 11) is 1.62. The van der Waals surface area contributed by atoms with Gasteiger partial charge in [0, 0.05) is 17.9 Å². The molecule has 0 fully saturated rings. The van der Waals surface area contributed by atoms with E-state index in [4.69, 9.17) is 4.74 Å². The Hall–Kier alpha value is -2.49. The summed E-state index contributed by atoms with van der Waals surface area (Å²) in [4.78, 5) is 12.3. The normalized spacial score (nSPS) is 16.1. The quantitative estimate of drug-likeness (QED) is 0.900. The number of para-hydroxylation sites is 1. The fraction of sp³-hybridized carbons (Fsp3) is 0.188. The number of benzene rings is 2. The van der Waals surface area contributed by atoms with Crippen molar-refractivity contribution < 1.29 is 9.53 Å². The molecule has 1 atom stereocenters. The number of methoxy groups -OCH3 is 1. The van der Waals surface area contributed by atoms with E-state index < -0.39 is 0 Å². The zero-order valence-corrected chi connectivity index (χ0v) is 11.2. The van der Waals surface area contributed by atoms with E-state index in [1.54, 1.807) is 7.11 Å². The average Bonchev–Trinajstić information content (AvgIpc) is 2.92. The third-order valence-electron chi connectivity index (χ3n) is 3.51. The number of ether oxygens (including phenoxy) is 1. The van der Waals surface area contributed by atoms with Gasteiger partial charge in [-0.25, -0.2) is 0 Å². The lowest BCUT2D eigenvalue weighted by atomic mass is 10.0. The number of fused-ring (bicyclic) bond motifs is 1. The Bertz CT molecular complexity index is 623. The molecule has 1 aliphatic heterocycles. The molecule has 2 aromatic rings. The first-order chi connectivity index (χ1) is 9.78. The van der Waals surface area contributed by atoms with Crippen LogP contribution in [-0.4, -0.2) is 19.6 Å². The molecule has 1 unspecified atom stereocenters. The van der Waals surface area contributed by atoms with Crippen LogP contribution in [-0.2, 0) is 4.79 Å². The summed E-state index contributed by atoms with van der Waals surface area (Å²) in [5.74, 6) is 0.636. The van der Waals surface area contributed by atoms with Crippen molar-refractivity contribution in [3.63, 3.8) is 0 Å². The molecule has 2 aromatic carbocycles. The maximum Gasteiger partial charge on any atom is 0.233 e. The number of carbonyl (C=O) groups excluding carboxylic acids is 1. The first-order valence-corrected chi connectivity index (χ1v) is 6.55. The third kappa shape index (κ3) is 2.32. The number of rotatable bonds is 3. The minimum Gasteiger partial charge on any atom is -0.497 e. The molecular weight excluding hydrogens is 252 g/mol. The van der Waals surface area contributed by atoms with E-state index in [2.05, 4.69) is 10.6 Å². The van der Waals surface area contributed by atoms with Gasteiger partial charge in [-0.3, -0.25) is 4.79 Å². The zero-order valence-electron chi connectivity index (χ0n) is 11.2. The lowest BCUT2D eigenvalue weighted by Gasteiger charge is -2.11. The van der Waals surface area contributed by atoms with Gasteiger partial charge in [-0.05, 0) is 35.9 Å². The molecule has 0 spiro atoms. The Morgan fingerprint density at radius 1 is 1.20 bits per heavy atom. The van der Waals surface area contributed by atoms with Crippen LogP contribution in [0.4, 0.5) is 11.4 Å². The van der Waals surface area contributed by atoms with Crippen molar-refractivity contribution in [1.82, 2.24) is 0 Å². The van der Waals surface area contributed by atoms with Crippen molar-refractivity contribution in [3.05, 3.63) is 54.1 Å². The van der Waals surface area contributed by atoms with Gasteiger partial charge >= 0.3 is 0 Å². The van der Waals surface area contributed by atoms with Crippen LogP contribution in [0.15, 0.2) is 48.5 Å². The summed E-state index contributed by atoms with van der Waals surface area (Å²) in [6, 6.07) is 15.3. The Morgan fingerprint density at radius 3 is 2.70 bits per heavy atom. The van der Waals surface area contributed by atoms with Crippen molar-refractivity contribution in [2.75, 3.05) is 24.3 Å². The first-order valence-electron chi connectivity index (χ1n) is 6.55. The van der Waals surface area contributed by atoms with E-state index >= 15 is 0 Å². The summed E-state index contributed by atoms with van der Waals surface area (Å²) in [6.07, 6.45) is 0. The number of anilines is 2. The van der Waals surface area contributed by atoms with Crippen molar-refractivity contribution in [1.29, 1.82) is 0 Å². The van der Waals surface area contributed by atoms with Gasteiger partial charge in [0.25, 0.3) is 0 Å². The van der Waals surface area contributed by atoms with Crippen LogP contribution in [0.25, 0.3) is 0 Å². The second kappa shape index (κ2) is 5.25. The van der Waals surface area contributed by atoms with E-state index in [1.165, 1.54) is 0 Å². The lowest BCUT2D eigenvalue weighted by molar-refractivity contribution is -0.117. The molecule has 4 heteroatoms. The van der Waals surface area contributed by atoms with Gasteiger partial charge in [-0.15, -0.1) is 0 Å².